The predicted molar refractivity (Wildman–Crippen MR) is 121 cm³/mol. The first-order valence-corrected chi connectivity index (χ1v) is 12.7. The third kappa shape index (κ3) is 8.34. The van der Waals surface area contributed by atoms with Crippen LogP contribution in [-0.2, 0) is 16.4 Å². The van der Waals surface area contributed by atoms with Gasteiger partial charge in [-0.05, 0) is 75.7 Å². The van der Waals surface area contributed by atoms with Crippen LogP contribution in [0, 0.1) is 12.8 Å². The summed E-state index contributed by atoms with van der Waals surface area (Å²) in [4.78, 5) is 7.63. The Morgan fingerprint density at radius 3 is 2.72 bits per heavy atom. The molecule has 0 saturated carbocycles. The summed E-state index contributed by atoms with van der Waals surface area (Å²) in [7, 11) is -3.18. The van der Waals surface area contributed by atoms with Crippen molar-refractivity contribution in [3.8, 4) is 0 Å². The van der Waals surface area contributed by atoms with Crippen LogP contribution in [0.2, 0.25) is 0 Å². The Bertz CT molecular complexity index is 777. The van der Waals surface area contributed by atoms with Crippen molar-refractivity contribution in [3.63, 3.8) is 0 Å². The van der Waals surface area contributed by atoms with E-state index < -0.39 is 9.84 Å². The van der Waals surface area contributed by atoms with Gasteiger partial charge in [0, 0.05) is 25.9 Å². The van der Waals surface area contributed by atoms with E-state index in [0.717, 1.165) is 42.5 Å². The van der Waals surface area contributed by atoms with Gasteiger partial charge >= 0.3 is 0 Å². The lowest BCUT2D eigenvalue weighted by Crippen LogP contribution is -2.38. The normalized spacial score (nSPS) is 18.6. The minimum atomic E-state index is -3.18. The van der Waals surface area contributed by atoms with E-state index in [1.54, 1.807) is 6.07 Å². The Hall–Kier alpha value is -1.60. The number of nitrogens with one attached hydrogen (secondary N) is 2. The Kier molecular flexibility index (Phi) is 9.43. The number of sulfone groups is 1. The Balaban J connectivity index is 1.79. The molecule has 2 N–H and O–H groups in total. The second kappa shape index (κ2) is 11.6. The molecule has 1 unspecified atom stereocenters. The number of aryl methyl sites for hydroxylation is 1. The third-order valence-corrected chi connectivity index (χ3v) is 6.59. The van der Waals surface area contributed by atoms with Gasteiger partial charge in [0.25, 0.3) is 0 Å². The molecule has 1 aromatic carbocycles. The molecule has 6 nitrogen and oxygen atoms in total. The van der Waals surface area contributed by atoms with E-state index in [0.29, 0.717) is 11.4 Å². The van der Waals surface area contributed by atoms with E-state index in [1.165, 1.54) is 45.2 Å². The summed E-state index contributed by atoms with van der Waals surface area (Å²) in [6, 6.07) is 5.43. The van der Waals surface area contributed by atoms with Crippen molar-refractivity contribution in [1.29, 1.82) is 0 Å². The molecule has 1 aromatic rings. The zero-order valence-electron chi connectivity index (χ0n) is 18.5. The summed E-state index contributed by atoms with van der Waals surface area (Å²) in [6.45, 7) is 12.1. The molecular formula is C22H38N4O2S. The summed E-state index contributed by atoms with van der Waals surface area (Å²) in [5.41, 5.74) is 1.77. The second-order valence-electron chi connectivity index (χ2n) is 8.25. The van der Waals surface area contributed by atoms with Crippen LogP contribution in [0.3, 0.4) is 0 Å². The van der Waals surface area contributed by atoms with Crippen LogP contribution in [0.4, 0.5) is 0 Å². The fourth-order valence-corrected chi connectivity index (χ4v) is 4.85. The van der Waals surface area contributed by atoms with Gasteiger partial charge in [-0.3, -0.25) is 0 Å². The molecule has 1 saturated heterocycles. The summed E-state index contributed by atoms with van der Waals surface area (Å²) >= 11 is 0. The van der Waals surface area contributed by atoms with Crippen LogP contribution in [-0.4, -0.2) is 58.3 Å². The van der Waals surface area contributed by atoms with Crippen molar-refractivity contribution in [3.05, 3.63) is 29.3 Å². The molecule has 1 aliphatic rings. The predicted octanol–water partition coefficient (Wildman–Crippen LogP) is 2.97. The van der Waals surface area contributed by atoms with Gasteiger partial charge in [-0.2, -0.15) is 0 Å². The third-order valence-electron chi connectivity index (χ3n) is 5.34. The Labute approximate surface area is 177 Å². The first kappa shape index (κ1) is 23.7. The molecule has 7 heteroatoms. The van der Waals surface area contributed by atoms with Crippen LogP contribution in [0.25, 0.3) is 0 Å². The minimum absolute atomic E-state index is 0.387. The van der Waals surface area contributed by atoms with Crippen molar-refractivity contribution >= 4 is 15.8 Å². The van der Waals surface area contributed by atoms with Crippen LogP contribution >= 0.6 is 0 Å². The van der Waals surface area contributed by atoms with Crippen molar-refractivity contribution in [2.45, 2.75) is 57.9 Å². The lowest BCUT2D eigenvalue weighted by Gasteiger charge is -2.30. The van der Waals surface area contributed by atoms with Gasteiger partial charge in [-0.1, -0.05) is 19.1 Å². The number of likely N-dealkylation sites (tertiary alicyclic amines) is 1. The summed E-state index contributed by atoms with van der Waals surface area (Å²) in [5.74, 6) is 1.65. The largest absolute Gasteiger partial charge is 0.357 e. The Morgan fingerprint density at radius 1 is 1.28 bits per heavy atom. The highest BCUT2D eigenvalue weighted by atomic mass is 32.2. The van der Waals surface area contributed by atoms with E-state index in [2.05, 4.69) is 34.4 Å². The van der Waals surface area contributed by atoms with Crippen molar-refractivity contribution in [2.24, 2.45) is 10.9 Å². The molecule has 1 atom stereocenters. The van der Waals surface area contributed by atoms with E-state index in [-0.39, 0.29) is 0 Å². The molecule has 1 heterocycles. The van der Waals surface area contributed by atoms with Crippen LogP contribution < -0.4 is 10.6 Å². The summed E-state index contributed by atoms with van der Waals surface area (Å²) in [6.07, 6.45) is 6.27. The van der Waals surface area contributed by atoms with Crippen LogP contribution in [0.5, 0.6) is 0 Å². The maximum Gasteiger partial charge on any atom is 0.191 e. The molecule has 0 amide bonds. The molecule has 29 heavy (non-hydrogen) atoms. The molecule has 0 aliphatic carbocycles. The van der Waals surface area contributed by atoms with Gasteiger partial charge in [-0.15, -0.1) is 0 Å². The van der Waals surface area contributed by atoms with E-state index in [9.17, 15) is 8.42 Å². The molecular weight excluding hydrogens is 384 g/mol. The maximum atomic E-state index is 11.8. The average molecular weight is 423 g/mol. The second-order valence-corrected chi connectivity index (χ2v) is 10.2. The number of hydrogen-bond acceptors (Lipinski definition) is 4. The monoisotopic (exact) mass is 422 g/mol. The highest BCUT2D eigenvalue weighted by Crippen LogP contribution is 2.17. The summed E-state index contributed by atoms with van der Waals surface area (Å²) < 4.78 is 23.5. The minimum Gasteiger partial charge on any atom is -0.357 e. The SMILES string of the molecule is CCNC(=NCc1ccc(S(C)(=O)=O)c(C)c1)NCCCCN1CCCC(C)C1. The fraction of sp³-hybridized carbons (Fsp3) is 0.682. The number of hydrogen-bond donors (Lipinski definition) is 2. The van der Waals surface area contributed by atoms with Gasteiger partial charge in [0.15, 0.2) is 15.8 Å². The number of nitrogens with zero attached hydrogens (tertiary/aromatic N) is 2. The number of benzene rings is 1. The van der Waals surface area contributed by atoms with Crippen molar-refractivity contribution < 1.29 is 8.42 Å². The van der Waals surface area contributed by atoms with Gasteiger partial charge in [0.2, 0.25) is 0 Å². The molecule has 0 bridgehead atoms. The van der Waals surface area contributed by atoms with E-state index in [4.69, 9.17) is 0 Å². The van der Waals surface area contributed by atoms with E-state index in [1.807, 2.05) is 19.1 Å². The smallest absolute Gasteiger partial charge is 0.191 e. The quantitative estimate of drug-likeness (QED) is 0.364. The standard InChI is InChI=1S/C22H38N4O2S/c1-5-23-22(24-12-6-7-13-26-14-8-9-18(2)17-26)25-16-20-10-11-21(19(3)15-20)29(4,27)28/h10-11,15,18H,5-9,12-14,16-17H2,1-4H3,(H2,23,24,25). The van der Waals surface area contributed by atoms with Crippen LogP contribution in [0.1, 0.15) is 50.7 Å². The molecule has 1 fully saturated rings. The zero-order valence-corrected chi connectivity index (χ0v) is 19.3. The van der Waals surface area contributed by atoms with Gasteiger partial charge in [-0.25, -0.2) is 13.4 Å². The average Bonchev–Trinajstić information content (AvgIpc) is 2.65. The number of piperidine rings is 1. The lowest BCUT2D eigenvalue weighted by atomic mass is 10.0. The fourth-order valence-electron chi connectivity index (χ4n) is 3.89. The van der Waals surface area contributed by atoms with E-state index >= 15 is 0 Å². The summed E-state index contributed by atoms with van der Waals surface area (Å²) in [5, 5.41) is 6.69. The molecule has 1 aliphatic heterocycles. The van der Waals surface area contributed by atoms with Gasteiger partial charge < -0.3 is 15.5 Å². The molecule has 0 spiro atoms. The van der Waals surface area contributed by atoms with Crippen molar-refractivity contribution in [1.82, 2.24) is 15.5 Å². The Morgan fingerprint density at radius 2 is 2.07 bits per heavy atom. The van der Waals surface area contributed by atoms with Crippen LogP contribution in [0.15, 0.2) is 28.1 Å². The highest BCUT2D eigenvalue weighted by molar-refractivity contribution is 7.90. The number of aliphatic imine (C=N–C) groups is 1. The molecule has 164 valence electrons. The molecule has 0 aromatic heterocycles. The first-order chi connectivity index (χ1) is 13.8. The topological polar surface area (TPSA) is 73.8 Å². The van der Waals surface area contributed by atoms with Gasteiger partial charge in [0.05, 0.1) is 11.4 Å². The van der Waals surface area contributed by atoms with Crippen molar-refractivity contribution in [2.75, 3.05) is 39.0 Å². The highest BCUT2D eigenvalue weighted by Gasteiger charge is 2.15. The number of unbranched alkanes of at least 4 members (excludes halogenated alkanes) is 1. The maximum absolute atomic E-state index is 11.8. The molecule has 2 rings (SSSR count). The lowest BCUT2D eigenvalue weighted by molar-refractivity contribution is 0.181. The number of rotatable bonds is 9. The zero-order chi connectivity index (χ0) is 21.3. The number of guanidine groups is 1. The van der Waals surface area contributed by atoms with Gasteiger partial charge in [0.1, 0.15) is 0 Å². The molecule has 0 radical (unpaired) electrons. The first-order valence-electron chi connectivity index (χ1n) is 10.8.